The Morgan fingerprint density at radius 3 is 2.31 bits per heavy atom. The van der Waals surface area contributed by atoms with E-state index in [2.05, 4.69) is 0 Å². The number of aliphatic hydroxyl groups is 2. The van der Waals surface area contributed by atoms with Crippen LogP contribution in [0.25, 0.3) is 0 Å². The Morgan fingerprint density at radius 2 is 1.85 bits per heavy atom. The van der Waals surface area contributed by atoms with Gasteiger partial charge in [0.25, 0.3) is 0 Å². The van der Waals surface area contributed by atoms with Crippen LogP contribution >= 0.6 is 0 Å². The molecule has 3 nitrogen and oxygen atoms in total. The molecule has 0 heterocycles. The van der Waals surface area contributed by atoms with Crippen molar-refractivity contribution in [3.63, 3.8) is 0 Å². The summed E-state index contributed by atoms with van der Waals surface area (Å²) in [6.07, 6.45) is 6.12. The third-order valence-electron chi connectivity index (χ3n) is 2.39. The maximum atomic E-state index is 11.4. The Morgan fingerprint density at radius 1 is 1.31 bits per heavy atom. The third-order valence-corrected chi connectivity index (χ3v) is 2.39. The van der Waals surface area contributed by atoms with Crippen LogP contribution in [0.4, 0.5) is 0 Å². The van der Waals surface area contributed by atoms with Crippen molar-refractivity contribution in [3.8, 4) is 0 Å². The molecule has 2 N–H and O–H groups in total. The lowest BCUT2D eigenvalue weighted by Crippen LogP contribution is -2.55. The molecule has 2 unspecified atom stereocenters. The summed E-state index contributed by atoms with van der Waals surface area (Å²) in [7, 11) is 0. The molecule has 0 radical (unpaired) electrons. The average molecular weight is 182 g/mol. The number of carbonyl (C=O) groups excluding carboxylic acids is 1. The second-order valence-corrected chi connectivity index (χ2v) is 3.41. The maximum absolute atomic E-state index is 11.4. The van der Waals surface area contributed by atoms with Crippen LogP contribution in [0.2, 0.25) is 0 Å². The zero-order chi connectivity index (χ0) is 10.1. The van der Waals surface area contributed by atoms with Crippen molar-refractivity contribution in [1.29, 1.82) is 0 Å². The van der Waals surface area contributed by atoms with Crippen LogP contribution in [0.1, 0.15) is 20.3 Å². The van der Waals surface area contributed by atoms with Crippen LogP contribution in [0, 0.1) is 0 Å². The summed E-state index contributed by atoms with van der Waals surface area (Å²) in [5.41, 5.74) is -3.27. The SMILES string of the molecule is CCC(=O)C1(O)C=CC=CC1(C)O. The molecular formula is C10H14O3. The van der Waals surface area contributed by atoms with E-state index in [9.17, 15) is 15.0 Å². The number of allylic oxidation sites excluding steroid dienone is 2. The first-order valence-electron chi connectivity index (χ1n) is 4.29. The van der Waals surface area contributed by atoms with E-state index in [1.54, 1.807) is 19.1 Å². The summed E-state index contributed by atoms with van der Waals surface area (Å²) in [4.78, 5) is 11.4. The Hall–Kier alpha value is -0.930. The second-order valence-electron chi connectivity index (χ2n) is 3.41. The summed E-state index contributed by atoms with van der Waals surface area (Å²) >= 11 is 0. The Balaban J connectivity index is 3.08. The largest absolute Gasteiger partial charge is 0.382 e. The predicted octanol–water partition coefficient (Wildman–Crippen LogP) is 0.574. The first kappa shape index (κ1) is 10.2. The summed E-state index contributed by atoms with van der Waals surface area (Å²) in [5.74, 6) is -0.377. The normalized spacial score (nSPS) is 37.8. The minimum Gasteiger partial charge on any atom is -0.382 e. The number of hydrogen-bond donors (Lipinski definition) is 2. The highest BCUT2D eigenvalue weighted by Gasteiger charge is 2.48. The van der Waals surface area contributed by atoms with Crippen molar-refractivity contribution in [2.45, 2.75) is 31.5 Å². The van der Waals surface area contributed by atoms with Crippen molar-refractivity contribution in [2.24, 2.45) is 0 Å². The monoisotopic (exact) mass is 182 g/mol. The van der Waals surface area contributed by atoms with Gasteiger partial charge in [-0.2, -0.15) is 0 Å². The predicted molar refractivity (Wildman–Crippen MR) is 49.2 cm³/mol. The van der Waals surface area contributed by atoms with Crippen LogP contribution in [-0.4, -0.2) is 27.2 Å². The maximum Gasteiger partial charge on any atom is 0.173 e. The van der Waals surface area contributed by atoms with Gasteiger partial charge >= 0.3 is 0 Å². The summed E-state index contributed by atoms with van der Waals surface area (Å²) in [5, 5.41) is 19.7. The van der Waals surface area contributed by atoms with Gasteiger partial charge in [-0.3, -0.25) is 4.79 Å². The van der Waals surface area contributed by atoms with Crippen LogP contribution in [0.15, 0.2) is 24.3 Å². The van der Waals surface area contributed by atoms with Gasteiger partial charge < -0.3 is 10.2 Å². The first-order chi connectivity index (χ1) is 5.94. The van der Waals surface area contributed by atoms with Gasteiger partial charge in [-0.15, -0.1) is 0 Å². The molecule has 0 aromatic heterocycles. The summed E-state index contributed by atoms with van der Waals surface area (Å²) in [6.45, 7) is 3.07. The van der Waals surface area contributed by atoms with Crippen LogP contribution in [0.3, 0.4) is 0 Å². The highest BCUT2D eigenvalue weighted by Crippen LogP contribution is 2.30. The van der Waals surface area contributed by atoms with E-state index in [0.717, 1.165) is 0 Å². The molecule has 1 aliphatic rings. The molecular weight excluding hydrogens is 168 g/mol. The Labute approximate surface area is 77.4 Å². The molecule has 0 aromatic rings. The van der Waals surface area contributed by atoms with Gasteiger partial charge in [0, 0.05) is 6.42 Å². The summed E-state index contributed by atoms with van der Waals surface area (Å²) in [6, 6.07) is 0. The van der Waals surface area contributed by atoms with Crippen LogP contribution < -0.4 is 0 Å². The molecule has 0 saturated carbocycles. The van der Waals surface area contributed by atoms with E-state index >= 15 is 0 Å². The van der Waals surface area contributed by atoms with Crippen molar-refractivity contribution >= 4 is 5.78 Å². The zero-order valence-electron chi connectivity index (χ0n) is 7.82. The van der Waals surface area contributed by atoms with Crippen molar-refractivity contribution < 1.29 is 15.0 Å². The lowest BCUT2D eigenvalue weighted by atomic mass is 9.77. The second kappa shape index (κ2) is 3.09. The molecule has 0 saturated heterocycles. The van der Waals surface area contributed by atoms with E-state index in [4.69, 9.17) is 0 Å². The lowest BCUT2D eigenvalue weighted by molar-refractivity contribution is -0.149. The fourth-order valence-corrected chi connectivity index (χ4v) is 1.38. The number of carbonyl (C=O) groups is 1. The highest BCUT2D eigenvalue weighted by atomic mass is 16.4. The van der Waals surface area contributed by atoms with Gasteiger partial charge in [-0.1, -0.05) is 19.1 Å². The number of Topliss-reactive ketones (excluding diaryl/α,β-unsaturated/α-hetero) is 1. The zero-order valence-corrected chi connectivity index (χ0v) is 7.82. The fraction of sp³-hybridized carbons (Fsp3) is 0.500. The molecule has 0 spiro atoms. The van der Waals surface area contributed by atoms with Crippen molar-refractivity contribution in [1.82, 2.24) is 0 Å². The summed E-state index contributed by atoms with van der Waals surface area (Å²) < 4.78 is 0. The smallest absolute Gasteiger partial charge is 0.173 e. The number of rotatable bonds is 2. The average Bonchev–Trinajstić information content (AvgIpc) is 2.08. The van der Waals surface area contributed by atoms with Gasteiger partial charge in [0.05, 0.1) is 0 Å². The minimum atomic E-state index is -1.77. The number of hydrogen-bond acceptors (Lipinski definition) is 3. The lowest BCUT2D eigenvalue weighted by Gasteiger charge is -2.37. The number of ketones is 1. The van der Waals surface area contributed by atoms with Gasteiger partial charge in [-0.05, 0) is 19.1 Å². The molecule has 13 heavy (non-hydrogen) atoms. The molecule has 72 valence electrons. The fourth-order valence-electron chi connectivity index (χ4n) is 1.38. The highest BCUT2D eigenvalue weighted by molar-refractivity contribution is 5.91. The molecule has 2 atom stereocenters. The van der Waals surface area contributed by atoms with Crippen LogP contribution in [-0.2, 0) is 4.79 Å². The van der Waals surface area contributed by atoms with Gasteiger partial charge in [0.15, 0.2) is 11.4 Å². The van der Waals surface area contributed by atoms with E-state index in [1.807, 2.05) is 0 Å². The quantitative estimate of drug-likeness (QED) is 0.656. The minimum absolute atomic E-state index is 0.199. The molecule has 3 heteroatoms. The molecule has 0 aromatic carbocycles. The standard InChI is InChI=1S/C10H14O3/c1-3-8(11)10(13)7-5-4-6-9(10,2)12/h4-7,12-13H,3H2,1-2H3. The molecule has 0 amide bonds. The Bertz CT molecular complexity index is 276. The van der Waals surface area contributed by atoms with Gasteiger partial charge in [0.1, 0.15) is 5.60 Å². The molecule has 0 aliphatic heterocycles. The molecule has 1 rings (SSSR count). The van der Waals surface area contributed by atoms with Crippen molar-refractivity contribution in [3.05, 3.63) is 24.3 Å². The van der Waals surface area contributed by atoms with E-state index in [-0.39, 0.29) is 12.2 Å². The molecule has 0 bridgehead atoms. The van der Waals surface area contributed by atoms with Gasteiger partial charge in [-0.25, -0.2) is 0 Å². The van der Waals surface area contributed by atoms with Crippen molar-refractivity contribution in [2.75, 3.05) is 0 Å². The third kappa shape index (κ3) is 1.45. The molecule has 1 aliphatic carbocycles. The van der Waals surface area contributed by atoms with Crippen LogP contribution in [0.5, 0.6) is 0 Å². The van der Waals surface area contributed by atoms with E-state index in [0.29, 0.717) is 0 Å². The van der Waals surface area contributed by atoms with E-state index < -0.39 is 11.2 Å². The van der Waals surface area contributed by atoms with Gasteiger partial charge in [0.2, 0.25) is 0 Å². The van der Waals surface area contributed by atoms with E-state index in [1.165, 1.54) is 19.1 Å². The topological polar surface area (TPSA) is 57.5 Å². The Kier molecular flexibility index (Phi) is 2.41. The first-order valence-corrected chi connectivity index (χ1v) is 4.29. The molecule has 0 fully saturated rings.